The second kappa shape index (κ2) is 5.51. The molecule has 94 valence electrons. The second-order valence-electron chi connectivity index (χ2n) is 3.89. The fourth-order valence-electron chi connectivity index (χ4n) is 1.40. The number of hydrogen-bond donors (Lipinski definition) is 1. The van der Waals surface area contributed by atoms with Gasteiger partial charge in [0.25, 0.3) is 5.69 Å². The molecule has 7 heteroatoms. The highest BCUT2D eigenvalue weighted by Gasteiger charge is 2.32. The molecule has 0 bridgehead atoms. The van der Waals surface area contributed by atoms with E-state index in [1.807, 2.05) is 5.40 Å². The van der Waals surface area contributed by atoms with Crippen molar-refractivity contribution in [1.82, 2.24) is 0 Å². The predicted molar refractivity (Wildman–Crippen MR) is 67.6 cm³/mol. The van der Waals surface area contributed by atoms with Gasteiger partial charge in [-0.25, -0.2) is 0 Å². The van der Waals surface area contributed by atoms with Crippen molar-refractivity contribution in [3.63, 3.8) is 0 Å². The van der Waals surface area contributed by atoms with Crippen LogP contribution in [-0.4, -0.2) is 15.6 Å². The monoisotopic (exact) mass is 265 g/mol. The maximum absolute atomic E-state index is 11.3. The summed E-state index contributed by atoms with van der Waals surface area (Å²) in [5.41, 5.74) is 5.96. The van der Waals surface area contributed by atoms with E-state index in [-0.39, 0.29) is 12.1 Å². The number of amides is 1. The zero-order valence-corrected chi connectivity index (χ0v) is 10.4. The lowest BCUT2D eigenvalue weighted by atomic mass is 9.99. The lowest BCUT2D eigenvalue weighted by Gasteiger charge is -2.21. The summed E-state index contributed by atoms with van der Waals surface area (Å²) in [5, 5.41) is 21.0. The zero-order chi connectivity index (χ0) is 13.8. The first kappa shape index (κ1) is 14.0. The number of hydrogen-bond acceptors (Lipinski definition) is 5. The van der Waals surface area contributed by atoms with Gasteiger partial charge >= 0.3 is 0 Å². The van der Waals surface area contributed by atoms with Gasteiger partial charge in [-0.2, -0.15) is 5.26 Å². The van der Waals surface area contributed by atoms with Crippen LogP contribution in [-0.2, 0) is 11.2 Å². The number of nitriles is 1. The Kier molecular flexibility index (Phi) is 4.28. The van der Waals surface area contributed by atoms with Crippen molar-refractivity contribution >= 4 is 23.4 Å². The van der Waals surface area contributed by atoms with Crippen LogP contribution in [0.5, 0.6) is 0 Å². The van der Waals surface area contributed by atoms with Crippen LogP contribution in [0.2, 0.25) is 0 Å². The summed E-state index contributed by atoms with van der Waals surface area (Å²) in [4.78, 5) is 21.3. The number of nitro benzene ring substituents is 1. The van der Waals surface area contributed by atoms with Gasteiger partial charge < -0.3 is 5.73 Å². The Hall–Kier alpha value is -2.07. The summed E-state index contributed by atoms with van der Waals surface area (Å²) >= 11 is 0.789. The van der Waals surface area contributed by atoms with E-state index in [0.29, 0.717) is 5.56 Å². The Morgan fingerprint density at radius 1 is 1.56 bits per heavy atom. The quantitative estimate of drug-likeness (QED) is 0.494. The molecule has 0 aromatic heterocycles. The van der Waals surface area contributed by atoms with Gasteiger partial charge in [0.1, 0.15) is 10.1 Å². The summed E-state index contributed by atoms with van der Waals surface area (Å²) < 4.78 is -1.04. The van der Waals surface area contributed by atoms with Crippen LogP contribution in [0.15, 0.2) is 24.3 Å². The molecule has 1 aromatic rings. The number of primary amides is 1. The fourth-order valence-corrected chi connectivity index (χ4v) is 1.94. The number of thiocyanates is 1. The second-order valence-corrected chi connectivity index (χ2v) is 5.18. The van der Waals surface area contributed by atoms with Gasteiger partial charge in [0.05, 0.1) is 4.92 Å². The first-order valence-electron chi connectivity index (χ1n) is 4.99. The summed E-state index contributed by atoms with van der Waals surface area (Å²) in [5.74, 6) is -0.590. The first-order chi connectivity index (χ1) is 8.39. The molecule has 1 amide bonds. The number of benzene rings is 1. The molecule has 0 unspecified atom stereocenters. The molecular formula is C11H11N3O3S. The molecule has 0 spiro atoms. The van der Waals surface area contributed by atoms with Gasteiger partial charge in [-0.15, -0.1) is 0 Å². The Balaban J connectivity index is 2.92. The summed E-state index contributed by atoms with van der Waals surface area (Å²) in [6.07, 6.45) is 0.249. The highest BCUT2D eigenvalue weighted by atomic mass is 32.2. The van der Waals surface area contributed by atoms with Crippen molar-refractivity contribution in [2.45, 2.75) is 18.1 Å². The maximum atomic E-state index is 11.3. The van der Waals surface area contributed by atoms with Gasteiger partial charge in [-0.05, 0) is 30.7 Å². The summed E-state index contributed by atoms with van der Waals surface area (Å²) in [7, 11) is 0. The van der Waals surface area contributed by atoms with Crippen LogP contribution in [0.25, 0.3) is 0 Å². The lowest BCUT2D eigenvalue weighted by molar-refractivity contribution is -0.384. The standard InChI is InChI=1S/C11H11N3O3S/c1-11(10(13)15,18-7-12)6-8-2-4-9(5-3-8)14(16)17/h2-5H,6H2,1H3,(H2,13,15)/t11-/m1/s1. The number of carbonyl (C=O) groups excluding carboxylic acids is 1. The van der Waals surface area contributed by atoms with Crippen molar-refractivity contribution in [3.8, 4) is 5.40 Å². The molecule has 1 rings (SSSR count). The molecule has 0 fully saturated rings. The zero-order valence-electron chi connectivity index (χ0n) is 9.62. The fraction of sp³-hybridized carbons (Fsp3) is 0.273. The SMILES string of the molecule is C[C@](Cc1ccc([N+](=O)[O-])cc1)(SC#N)C(N)=O. The number of carbonyl (C=O) groups is 1. The minimum Gasteiger partial charge on any atom is -0.368 e. The molecule has 0 aliphatic carbocycles. The average molecular weight is 265 g/mol. The Labute approximate surface area is 108 Å². The van der Waals surface area contributed by atoms with Crippen LogP contribution in [0, 0.1) is 20.8 Å². The van der Waals surface area contributed by atoms with Crippen LogP contribution in [0.3, 0.4) is 0 Å². The Morgan fingerprint density at radius 2 is 2.11 bits per heavy atom. The van der Waals surface area contributed by atoms with E-state index in [4.69, 9.17) is 11.0 Å². The molecule has 0 heterocycles. The van der Waals surface area contributed by atoms with Gasteiger partial charge in [-0.3, -0.25) is 14.9 Å². The highest BCUT2D eigenvalue weighted by molar-refractivity contribution is 8.05. The van der Waals surface area contributed by atoms with Crippen molar-refractivity contribution in [2.75, 3.05) is 0 Å². The number of non-ortho nitro benzene ring substituents is 1. The smallest absolute Gasteiger partial charge is 0.269 e. The number of nitrogens with zero attached hydrogens (tertiary/aromatic N) is 2. The molecule has 0 saturated heterocycles. The van der Waals surface area contributed by atoms with Crippen molar-refractivity contribution in [2.24, 2.45) is 5.73 Å². The van der Waals surface area contributed by atoms with Crippen molar-refractivity contribution in [3.05, 3.63) is 39.9 Å². The van der Waals surface area contributed by atoms with E-state index in [1.54, 1.807) is 19.1 Å². The molecule has 0 aliphatic rings. The molecule has 1 atom stereocenters. The molecule has 1 aromatic carbocycles. The normalized spacial score (nSPS) is 13.3. The third kappa shape index (κ3) is 3.21. The number of nitrogens with two attached hydrogens (primary N) is 1. The molecule has 0 saturated carbocycles. The molecule has 0 aliphatic heterocycles. The third-order valence-corrected chi connectivity index (χ3v) is 3.37. The van der Waals surface area contributed by atoms with Gasteiger partial charge in [0, 0.05) is 12.1 Å². The van der Waals surface area contributed by atoms with E-state index in [2.05, 4.69) is 0 Å². The van der Waals surface area contributed by atoms with Crippen LogP contribution >= 0.6 is 11.8 Å². The molecule has 2 N–H and O–H groups in total. The lowest BCUT2D eigenvalue weighted by Crippen LogP contribution is -2.39. The maximum Gasteiger partial charge on any atom is 0.269 e. The Bertz CT molecular complexity index is 509. The van der Waals surface area contributed by atoms with E-state index >= 15 is 0 Å². The van der Waals surface area contributed by atoms with Crippen LogP contribution in [0.1, 0.15) is 12.5 Å². The van der Waals surface area contributed by atoms with Gasteiger partial charge in [-0.1, -0.05) is 12.1 Å². The van der Waals surface area contributed by atoms with Crippen molar-refractivity contribution in [1.29, 1.82) is 5.26 Å². The highest BCUT2D eigenvalue weighted by Crippen LogP contribution is 2.28. The molecule has 6 nitrogen and oxygen atoms in total. The van der Waals surface area contributed by atoms with E-state index in [9.17, 15) is 14.9 Å². The third-order valence-electron chi connectivity index (χ3n) is 2.48. The Morgan fingerprint density at radius 3 is 2.50 bits per heavy atom. The minimum absolute atomic E-state index is 0.0209. The molecule has 18 heavy (non-hydrogen) atoms. The summed E-state index contributed by atoms with van der Waals surface area (Å²) in [6.45, 7) is 1.57. The van der Waals surface area contributed by atoms with Crippen LogP contribution in [0.4, 0.5) is 5.69 Å². The molecule has 0 radical (unpaired) electrons. The minimum atomic E-state index is -1.04. The number of rotatable bonds is 5. The number of thioether (sulfide) groups is 1. The predicted octanol–water partition coefficient (Wildman–Crippen LogP) is 1.60. The average Bonchev–Trinajstić information content (AvgIpc) is 2.29. The largest absolute Gasteiger partial charge is 0.368 e. The number of nitro groups is 1. The van der Waals surface area contributed by atoms with Crippen LogP contribution < -0.4 is 5.73 Å². The first-order valence-corrected chi connectivity index (χ1v) is 5.81. The topological polar surface area (TPSA) is 110 Å². The van der Waals surface area contributed by atoms with E-state index in [0.717, 1.165) is 11.8 Å². The van der Waals surface area contributed by atoms with Gasteiger partial charge in [0.2, 0.25) is 5.91 Å². The van der Waals surface area contributed by atoms with E-state index in [1.165, 1.54) is 12.1 Å². The molecular weight excluding hydrogens is 254 g/mol. The van der Waals surface area contributed by atoms with Crippen molar-refractivity contribution < 1.29 is 9.72 Å². The summed E-state index contributed by atoms with van der Waals surface area (Å²) in [6, 6.07) is 5.82. The van der Waals surface area contributed by atoms with E-state index < -0.39 is 15.6 Å². The van der Waals surface area contributed by atoms with Gasteiger partial charge in [0.15, 0.2) is 0 Å².